The highest BCUT2D eigenvalue weighted by molar-refractivity contribution is 7.92. The van der Waals surface area contributed by atoms with Crippen LogP contribution in [0.2, 0.25) is 0 Å². The van der Waals surface area contributed by atoms with Crippen molar-refractivity contribution in [3.05, 3.63) is 17.5 Å². The lowest BCUT2D eigenvalue weighted by molar-refractivity contribution is -0.131. The van der Waals surface area contributed by atoms with E-state index in [1.54, 1.807) is 0 Å². The monoisotopic (exact) mass is 391 g/mol. The summed E-state index contributed by atoms with van der Waals surface area (Å²) in [6, 6.07) is 1.51. The van der Waals surface area contributed by atoms with Crippen LogP contribution in [-0.4, -0.2) is 48.3 Å². The summed E-state index contributed by atoms with van der Waals surface area (Å²) in [4.78, 5) is 23.2. The van der Waals surface area contributed by atoms with Crippen molar-refractivity contribution in [2.45, 2.75) is 50.9 Å². The molecule has 26 heavy (non-hydrogen) atoms. The van der Waals surface area contributed by atoms with Crippen molar-refractivity contribution in [2.24, 2.45) is 0 Å². The number of alkyl carbamates (subject to hydrolysis) is 1. The van der Waals surface area contributed by atoms with Crippen LogP contribution in [-0.2, 0) is 32.4 Å². The van der Waals surface area contributed by atoms with Gasteiger partial charge in [0.25, 0.3) is 5.91 Å². The Kier molecular flexibility index (Phi) is 8.03. The fourth-order valence-corrected chi connectivity index (χ4v) is 2.90. The smallest absolute Gasteiger partial charge is 0.407 e. The van der Waals surface area contributed by atoms with Crippen LogP contribution in [0.5, 0.6) is 0 Å². The Balaban J connectivity index is 2.60. The molecule has 0 aliphatic carbocycles. The molecule has 0 saturated carbocycles. The van der Waals surface area contributed by atoms with Crippen LogP contribution in [0.4, 0.5) is 4.79 Å². The Hall–Kier alpha value is -2.14. The van der Waals surface area contributed by atoms with Crippen molar-refractivity contribution < 1.29 is 32.5 Å². The lowest BCUT2D eigenvalue weighted by Gasteiger charge is -2.24. The topological polar surface area (TPSA) is 148 Å². The van der Waals surface area contributed by atoms with Crippen LogP contribution in [0.25, 0.3) is 0 Å². The number of hydroxylamine groups is 1. The number of hydrogen-bond acceptors (Lipinski definition) is 8. The van der Waals surface area contributed by atoms with Crippen LogP contribution in [0, 0.1) is 0 Å². The summed E-state index contributed by atoms with van der Waals surface area (Å²) in [5.41, 5.74) is 1.78. The molecule has 0 bridgehead atoms. The largest absolute Gasteiger partial charge is 0.441 e. The molecule has 10 nitrogen and oxygen atoms in total. The van der Waals surface area contributed by atoms with Gasteiger partial charge in [-0.2, -0.15) is 0 Å². The molecule has 0 spiro atoms. The van der Waals surface area contributed by atoms with Crippen LogP contribution < -0.4 is 10.8 Å². The van der Waals surface area contributed by atoms with E-state index in [9.17, 15) is 18.0 Å². The first-order valence-electron chi connectivity index (χ1n) is 8.13. The fourth-order valence-electron chi connectivity index (χ4n) is 2.05. The fraction of sp³-hybridized carbons (Fsp3) is 0.667. The predicted octanol–water partition coefficient (Wildman–Crippen LogP) is 0.942. The molecule has 148 valence electrons. The Morgan fingerprint density at radius 2 is 2.12 bits per heavy atom. The first-order valence-corrected chi connectivity index (χ1v) is 10.0. The van der Waals surface area contributed by atoms with Crippen molar-refractivity contribution >= 4 is 21.8 Å². The molecule has 1 aromatic heterocycles. The molecule has 0 saturated heterocycles. The van der Waals surface area contributed by atoms with Crippen molar-refractivity contribution in [2.75, 3.05) is 12.8 Å². The van der Waals surface area contributed by atoms with E-state index in [1.165, 1.54) is 18.5 Å². The van der Waals surface area contributed by atoms with Crippen molar-refractivity contribution in [3.63, 3.8) is 0 Å². The van der Waals surface area contributed by atoms with Gasteiger partial charge in [-0.25, -0.2) is 18.7 Å². The Labute approximate surface area is 152 Å². The molecule has 1 rings (SSSR count). The molecule has 0 fully saturated rings. The summed E-state index contributed by atoms with van der Waals surface area (Å²) in [6.45, 7) is 3.63. The van der Waals surface area contributed by atoms with Gasteiger partial charge >= 0.3 is 6.09 Å². The van der Waals surface area contributed by atoms with Gasteiger partial charge in [-0.3, -0.25) is 10.0 Å². The maximum absolute atomic E-state index is 11.9. The maximum atomic E-state index is 11.9. The van der Waals surface area contributed by atoms with E-state index < -0.39 is 26.6 Å². The standard InChI is InChI=1S/C15H25N3O7S/c1-4-5-8-16-14(20)24-10-12-9-11(18-25-12)6-7-15(2,13(19)17-21)26(3,22)23/h9,21H,4-8,10H2,1-3H3,(H,16,20)(H,17,19). The number of nitrogens with one attached hydrogen (secondary N) is 2. The van der Waals surface area contributed by atoms with Gasteiger partial charge in [-0.15, -0.1) is 0 Å². The zero-order chi connectivity index (χ0) is 19.8. The van der Waals surface area contributed by atoms with Crippen LogP contribution >= 0.6 is 0 Å². The lowest BCUT2D eigenvalue weighted by Crippen LogP contribution is -2.49. The van der Waals surface area contributed by atoms with Crippen molar-refractivity contribution in [3.8, 4) is 0 Å². The number of nitrogens with zero attached hydrogens (tertiary/aromatic N) is 1. The van der Waals surface area contributed by atoms with E-state index in [0.717, 1.165) is 19.1 Å². The van der Waals surface area contributed by atoms with E-state index in [2.05, 4.69) is 10.5 Å². The molecule has 2 amide bonds. The zero-order valence-corrected chi connectivity index (χ0v) is 15.9. The van der Waals surface area contributed by atoms with Gasteiger partial charge in [0, 0.05) is 18.9 Å². The molecule has 1 heterocycles. The number of hydrogen-bond donors (Lipinski definition) is 3. The summed E-state index contributed by atoms with van der Waals surface area (Å²) in [7, 11) is -3.78. The molecule has 1 atom stereocenters. The summed E-state index contributed by atoms with van der Waals surface area (Å²) in [6.07, 6.45) is 2.16. The van der Waals surface area contributed by atoms with Crippen molar-refractivity contribution in [1.29, 1.82) is 0 Å². The second-order valence-corrected chi connectivity index (χ2v) is 8.53. The highest BCUT2D eigenvalue weighted by Gasteiger charge is 2.43. The molecule has 3 N–H and O–H groups in total. The number of sulfone groups is 1. The van der Waals surface area contributed by atoms with Gasteiger partial charge in [0.15, 0.2) is 22.2 Å². The van der Waals surface area contributed by atoms with Gasteiger partial charge in [0.05, 0.1) is 5.69 Å². The SMILES string of the molecule is CCCCNC(=O)OCc1cc(CCC(C)(C(=O)NO)S(C)(=O)=O)no1. The number of aryl methyl sites for hydroxylation is 1. The minimum absolute atomic E-state index is 0.109. The molecule has 1 aromatic rings. The third kappa shape index (κ3) is 5.99. The van der Waals surface area contributed by atoms with Gasteiger partial charge in [0.1, 0.15) is 4.75 Å². The molecular formula is C15H25N3O7S. The number of amides is 2. The Morgan fingerprint density at radius 3 is 2.69 bits per heavy atom. The van der Waals surface area contributed by atoms with Gasteiger partial charge < -0.3 is 14.6 Å². The van der Waals surface area contributed by atoms with Crippen LogP contribution in [0.15, 0.2) is 10.6 Å². The number of ether oxygens (including phenoxy) is 1. The number of carbonyl (C=O) groups is 2. The Bertz CT molecular complexity index is 717. The second kappa shape index (κ2) is 9.53. The highest BCUT2D eigenvalue weighted by Crippen LogP contribution is 2.23. The molecule has 0 aromatic carbocycles. The second-order valence-electron chi connectivity index (χ2n) is 6.08. The van der Waals surface area contributed by atoms with E-state index >= 15 is 0 Å². The first-order chi connectivity index (χ1) is 12.1. The zero-order valence-electron chi connectivity index (χ0n) is 15.1. The quantitative estimate of drug-likeness (QED) is 0.303. The summed E-state index contributed by atoms with van der Waals surface area (Å²) in [5.74, 6) is -0.728. The normalized spacial score (nSPS) is 13.7. The van der Waals surface area contributed by atoms with E-state index in [0.29, 0.717) is 18.0 Å². The molecule has 0 aliphatic rings. The molecule has 0 aliphatic heterocycles. The van der Waals surface area contributed by atoms with Gasteiger partial charge in [-0.1, -0.05) is 18.5 Å². The predicted molar refractivity (Wildman–Crippen MR) is 91.1 cm³/mol. The number of rotatable bonds is 10. The van der Waals surface area contributed by atoms with E-state index in [-0.39, 0.29) is 19.4 Å². The van der Waals surface area contributed by atoms with E-state index in [4.69, 9.17) is 14.5 Å². The maximum Gasteiger partial charge on any atom is 0.407 e. The average molecular weight is 391 g/mol. The summed E-state index contributed by atoms with van der Waals surface area (Å²) in [5, 5.41) is 15.1. The van der Waals surface area contributed by atoms with Crippen molar-refractivity contribution in [1.82, 2.24) is 16.0 Å². The van der Waals surface area contributed by atoms with Crippen LogP contribution in [0.3, 0.4) is 0 Å². The summed E-state index contributed by atoms with van der Waals surface area (Å²) < 4.78 is 32.0. The molecular weight excluding hydrogens is 366 g/mol. The average Bonchev–Trinajstić information content (AvgIpc) is 3.04. The highest BCUT2D eigenvalue weighted by atomic mass is 32.2. The van der Waals surface area contributed by atoms with Gasteiger partial charge in [0.2, 0.25) is 0 Å². The number of aromatic nitrogens is 1. The summed E-state index contributed by atoms with van der Waals surface area (Å²) >= 11 is 0. The third-order valence-electron chi connectivity index (χ3n) is 4.01. The number of carbonyl (C=O) groups excluding carboxylic acids is 2. The van der Waals surface area contributed by atoms with Crippen LogP contribution in [0.1, 0.15) is 44.6 Å². The van der Waals surface area contributed by atoms with E-state index in [1.807, 2.05) is 6.92 Å². The Morgan fingerprint density at radius 1 is 1.42 bits per heavy atom. The lowest BCUT2D eigenvalue weighted by atomic mass is 10.0. The number of unbranched alkanes of at least 4 members (excludes halogenated alkanes) is 1. The minimum Gasteiger partial charge on any atom is -0.441 e. The first kappa shape index (κ1) is 21.9. The third-order valence-corrected chi connectivity index (χ3v) is 6.04. The molecule has 0 radical (unpaired) electrons. The molecule has 11 heteroatoms. The molecule has 1 unspecified atom stereocenters. The van der Waals surface area contributed by atoms with Gasteiger partial charge in [-0.05, 0) is 26.2 Å². The minimum atomic E-state index is -3.78.